The first-order valence-corrected chi connectivity index (χ1v) is 18.6. The van der Waals surface area contributed by atoms with Gasteiger partial charge in [0, 0.05) is 41.7 Å². The van der Waals surface area contributed by atoms with E-state index in [4.69, 9.17) is 9.47 Å². The van der Waals surface area contributed by atoms with Gasteiger partial charge in [-0.25, -0.2) is 0 Å². The predicted molar refractivity (Wildman–Crippen MR) is 188 cm³/mol. The van der Waals surface area contributed by atoms with Gasteiger partial charge in [-0.15, -0.1) is 22.7 Å². The molecule has 2 heterocycles. The quantitative estimate of drug-likeness (QED) is 0.0651. The molecule has 3 aromatic carbocycles. The number of hydrogen-bond donors (Lipinski definition) is 0. The Morgan fingerprint density at radius 2 is 0.833 bits per heavy atom. The predicted octanol–water partition coefficient (Wildman–Crippen LogP) is 13.5. The van der Waals surface area contributed by atoms with Crippen LogP contribution in [0.25, 0.3) is 41.7 Å². The van der Waals surface area contributed by atoms with Crippen LogP contribution in [0, 0.1) is 0 Å². The Bertz CT molecular complexity index is 1440. The van der Waals surface area contributed by atoms with E-state index in [1.807, 2.05) is 22.7 Å². The molecule has 0 saturated carbocycles. The SMILES string of the molecule is CCCCCCCCCCOc1c2ccc3sccc3c2c(OCCCCCCCCCC)c2c1ccc1sccc12. The molecule has 0 radical (unpaired) electrons. The molecule has 226 valence electrons. The first-order chi connectivity index (χ1) is 20.8. The summed E-state index contributed by atoms with van der Waals surface area (Å²) < 4.78 is 16.2. The van der Waals surface area contributed by atoms with Crippen LogP contribution < -0.4 is 9.47 Å². The second kappa shape index (κ2) is 16.5. The summed E-state index contributed by atoms with van der Waals surface area (Å²) in [5, 5.41) is 11.8. The van der Waals surface area contributed by atoms with Crippen LogP contribution >= 0.6 is 22.7 Å². The molecule has 0 aliphatic carbocycles. The van der Waals surface area contributed by atoms with Crippen LogP contribution in [0.15, 0.2) is 47.2 Å². The number of unbranched alkanes of at least 4 members (excludes halogenated alkanes) is 14. The molecule has 0 unspecified atom stereocenters. The second-order valence-electron chi connectivity index (χ2n) is 11.9. The molecule has 0 amide bonds. The minimum absolute atomic E-state index is 0.763. The molecule has 0 bridgehead atoms. The van der Waals surface area contributed by atoms with Gasteiger partial charge >= 0.3 is 0 Å². The lowest BCUT2D eigenvalue weighted by Gasteiger charge is -2.19. The van der Waals surface area contributed by atoms with E-state index in [0.717, 1.165) is 37.6 Å². The molecule has 2 nitrogen and oxygen atoms in total. The van der Waals surface area contributed by atoms with Crippen molar-refractivity contribution in [3.05, 3.63) is 47.2 Å². The van der Waals surface area contributed by atoms with E-state index in [1.54, 1.807) is 0 Å². The Morgan fingerprint density at radius 3 is 1.29 bits per heavy atom. The fourth-order valence-corrected chi connectivity index (χ4v) is 7.93. The molecule has 2 aromatic heterocycles. The van der Waals surface area contributed by atoms with Crippen molar-refractivity contribution in [1.29, 1.82) is 0 Å². The van der Waals surface area contributed by atoms with Crippen molar-refractivity contribution in [2.24, 2.45) is 0 Å². The van der Waals surface area contributed by atoms with E-state index in [2.05, 4.69) is 61.0 Å². The lowest BCUT2D eigenvalue weighted by Crippen LogP contribution is -2.03. The Balaban J connectivity index is 1.39. The van der Waals surface area contributed by atoms with Gasteiger partial charge in [-0.2, -0.15) is 0 Å². The Morgan fingerprint density at radius 1 is 0.429 bits per heavy atom. The summed E-state index contributed by atoms with van der Waals surface area (Å²) in [5.41, 5.74) is 0. The fourth-order valence-electron chi connectivity index (χ4n) is 6.35. The standard InChI is InChI=1S/C38H50O2S2/c1-3-5-7-9-11-13-15-17-25-39-37-31-19-21-33-29(23-27-41-33)35(31)38(40-26-18-16-14-12-10-8-6-4-2)36-30-24-28-42-34(30)22-20-32(36)37/h19-24,27-28H,3-18,25-26H2,1-2H3. The maximum atomic E-state index is 6.84. The number of benzene rings is 3. The lowest BCUT2D eigenvalue weighted by atomic mass is 9.96. The third kappa shape index (κ3) is 7.61. The molecular weight excluding hydrogens is 553 g/mol. The number of rotatable bonds is 20. The minimum atomic E-state index is 0.763. The minimum Gasteiger partial charge on any atom is -0.492 e. The maximum absolute atomic E-state index is 6.84. The third-order valence-corrected chi connectivity index (χ3v) is 10.5. The van der Waals surface area contributed by atoms with Gasteiger partial charge in [0.2, 0.25) is 0 Å². The molecule has 0 aliphatic rings. The third-order valence-electron chi connectivity index (χ3n) is 8.70. The molecule has 0 saturated heterocycles. The van der Waals surface area contributed by atoms with Gasteiger partial charge in [0.05, 0.1) is 13.2 Å². The fraction of sp³-hybridized carbons (Fsp3) is 0.526. The van der Waals surface area contributed by atoms with Crippen molar-refractivity contribution in [2.75, 3.05) is 13.2 Å². The highest BCUT2D eigenvalue weighted by atomic mass is 32.1. The van der Waals surface area contributed by atoms with Crippen LogP contribution in [0.1, 0.15) is 117 Å². The highest BCUT2D eigenvalue weighted by Crippen LogP contribution is 2.49. The first-order valence-electron chi connectivity index (χ1n) is 16.8. The van der Waals surface area contributed by atoms with Crippen LogP contribution in [0.3, 0.4) is 0 Å². The molecule has 0 atom stereocenters. The van der Waals surface area contributed by atoms with E-state index in [9.17, 15) is 0 Å². The molecule has 5 aromatic rings. The van der Waals surface area contributed by atoms with Crippen molar-refractivity contribution >= 4 is 64.4 Å². The van der Waals surface area contributed by atoms with Crippen molar-refractivity contribution in [3.63, 3.8) is 0 Å². The molecule has 0 N–H and O–H groups in total. The number of fused-ring (bicyclic) bond motifs is 6. The molecule has 42 heavy (non-hydrogen) atoms. The van der Waals surface area contributed by atoms with Crippen molar-refractivity contribution < 1.29 is 9.47 Å². The summed E-state index contributed by atoms with van der Waals surface area (Å²) in [7, 11) is 0. The maximum Gasteiger partial charge on any atom is 0.136 e. The van der Waals surface area contributed by atoms with Crippen LogP contribution in [-0.2, 0) is 0 Å². The normalized spacial score (nSPS) is 11.9. The zero-order valence-electron chi connectivity index (χ0n) is 26.0. The number of hydrogen-bond acceptors (Lipinski definition) is 4. The van der Waals surface area contributed by atoms with Gasteiger partial charge in [0.1, 0.15) is 11.5 Å². The van der Waals surface area contributed by atoms with E-state index < -0.39 is 0 Å². The van der Waals surface area contributed by atoms with Crippen molar-refractivity contribution in [1.82, 2.24) is 0 Å². The molecule has 0 spiro atoms. The lowest BCUT2D eigenvalue weighted by molar-refractivity contribution is 0.306. The Labute approximate surface area is 261 Å². The molecular formula is C38H50O2S2. The highest BCUT2D eigenvalue weighted by molar-refractivity contribution is 7.17. The Hall–Kier alpha value is -2.30. The Kier molecular flexibility index (Phi) is 12.2. The van der Waals surface area contributed by atoms with Crippen LogP contribution in [0.5, 0.6) is 11.5 Å². The first kappa shape index (κ1) is 31.1. The highest BCUT2D eigenvalue weighted by Gasteiger charge is 2.21. The average Bonchev–Trinajstić information content (AvgIpc) is 3.69. The smallest absolute Gasteiger partial charge is 0.136 e. The average molecular weight is 603 g/mol. The van der Waals surface area contributed by atoms with Crippen LogP contribution in [-0.4, -0.2) is 13.2 Å². The number of thiophene rings is 2. The van der Waals surface area contributed by atoms with Gasteiger partial charge in [-0.1, -0.05) is 104 Å². The van der Waals surface area contributed by atoms with Gasteiger partial charge < -0.3 is 9.47 Å². The summed E-state index contributed by atoms with van der Waals surface area (Å²) in [6.07, 6.45) is 20.9. The van der Waals surface area contributed by atoms with E-state index >= 15 is 0 Å². The summed E-state index contributed by atoms with van der Waals surface area (Å²) in [6.45, 7) is 6.10. The second-order valence-corrected chi connectivity index (χ2v) is 13.8. The monoisotopic (exact) mass is 602 g/mol. The molecule has 0 aliphatic heterocycles. The molecule has 0 fully saturated rings. The molecule has 4 heteroatoms. The van der Waals surface area contributed by atoms with Gasteiger partial charge in [-0.3, -0.25) is 0 Å². The van der Waals surface area contributed by atoms with Gasteiger partial charge in [0.15, 0.2) is 0 Å². The topological polar surface area (TPSA) is 18.5 Å². The number of ether oxygens (including phenoxy) is 2. The molecule has 5 rings (SSSR count). The summed E-state index contributed by atoms with van der Waals surface area (Å²) in [5.74, 6) is 2.08. The summed E-state index contributed by atoms with van der Waals surface area (Å²) in [6, 6.07) is 13.6. The zero-order chi connectivity index (χ0) is 29.0. The van der Waals surface area contributed by atoms with E-state index in [1.165, 1.54) is 132 Å². The van der Waals surface area contributed by atoms with Crippen LogP contribution in [0.4, 0.5) is 0 Å². The van der Waals surface area contributed by atoms with Gasteiger partial charge in [0.25, 0.3) is 0 Å². The van der Waals surface area contributed by atoms with Gasteiger partial charge in [-0.05, 0) is 60.0 Å². The summed E-state index contributed by atoms with van der Waals surface area (Å²) >= 11 is 3.62. The van der Waals surface area contributed by atoms with Crippen molar-refractivity contribution in [2.45, 2.75) is 117 Å². The van der Waals surface area contributed by atoms with E-state index in [0.29, 0.717) is 0 Å². The van der Waals surface area contributed by atoms with Crippen molar-refractivity contribution in [3.8, 4) is 11.5 Å². The largest absolute Gasteiger partial charge is 0.492 e. The van der Waals surface area contributed by atoms with Crippen LogP contribution in [0.2, 0.25) is 0 Å². The van der Waals surface area contributed by atoms with E-state index in [-0.39, 0.29) is 0 Å². The summed E-state index contributed by atoms with van der Waals surface area (Å²) in [4.78, 5) is 0. The zero-order valence-corrected chi connectivity index (χ0v) is 27.6.